The number of hydrogen-bond acceptors (Lipinski definition) is 0. The topological polar surface area (TPSA) is 0 Å². The maximum absolute atomic E-state index is 13.5. The van der Waals surface area contributed by atoms with E-state index in [4.69, 9.17) is 0 Å². The maximum Gasteiger partial charge on any atom is 0.460 e. The lowest BCUT2D eigenvalue weighted by atomic mass is 9.91. The van der Waals surface area contributed by atoms with Crippen molar-refractivity contribution in [1.29, 1.82) is 0 Å². The van der Waals surface area contributed by atoms with E-state index < -0.39 is 33.8 Å². The molecule has 0 aliphatic carbocycles. The summed E-state index contributed by atoms with van der Waals surface area (Å²) in [5, 5.41) is 0. The summed E-state index contributed by atoms with van der Waals surface area (Å²) in [6.45, 7) is 2.93. The van der Waals surface area contributed by atoms with Crippen LogP contribution in [0.5, 0.6) is 0 Å². The van der Waals surface area contributed by atoms with Gasteiger partial charge < -0.3 is 0 Å². The molecule has 134 valence electrons. The Hall–Kier alpha value is 0.1000. The number of rotatable bonds is 8. The predicted octanol–water partition coefficient (Wildman–Crippen LogP) is 6.62. The third kappa shape index (κ3) is 4.80. The third-order valence-corrected chi connectivity index (χ3v) is 4.02. The molecule has 0 nitrogen and oxygen atoms in total. The number of alkyl halides is 10. The average molecular weight is 458 g/mol. The van der Waals surface area contributed by atoms with Crippen LogP contribution in [0.3, 0.4) is 0 Å². The second kappa shape index (κ2) is 6.92. The van der Waals surface area contributed by atoms with Gasteiger partial charge in [-0.3, -0.25) is 0 Å². The first-order valence-corrected chi connectivity index (χ1v) is 7.49. The van der Waals surface area contributed by atoms with Crippen molar-refractivity contribution in [3.63, 3.8) is 0 Å². The van der Waals surface area contributed by atoms with Crippen molar-refractivity contribution in [3.8, 4) is 0 Å². The molecule has 0 amide bonds. The SMILES string of the molecule is CCCCCC(C)(I)CC(F)(F)C(F)(F)C(F)(F)C(F)(F)F. The van der Waals surface area contributed by atoms with Crippen molar-refractivity contribution in [3.05, 3.63) is 0 Å². The molecule has 22 heavy (non-hydrogen) atoms. The molecular formula is C12H16F9I. The first-order chi connectivity index (χ1) is 9.52. The summed E-state index contributed by atoms with van der Waals surface area (Å²) in [4.78, 5) is 0. The van der Waals surface area contributed by atoms with Crippen LogP contribution in [0.1, 0.15) is 46.0 Å². The molecule has 0 spiro atoms. The molecule has 0 heterocycles. The standard InChI is InChI=1S/C12H16F9I/c1-3-4-5-6-8(2,22)7-9(13,14)10(15,16)11(17,18)12(19,20)21/h3-7H2,1-2H3. The normalized spacial score (nSPS) is 17.5. The van der Waals surface area contributed by atoms with Gasteiger partial charge in [0.25, 0.3) is 0 Å². The van der Waals surface area contributed by atoms with Crippen LogP contribution in [-0.2, 0) is 0 Å². The van der Waals surface area contributed by atoms with Crippen LogP contribution < -0.4 is 0 Å². The van der Waals surface area contributed by atoms with Crippen LogP contribution in [0, 0.1) is 0 Å². The fourth-order valence-corrected chi connectivity index (χ4v) is 2.67. The van der Waals surface area contributed by atoms with E-state index in [9.17, 15) is 39.5 Å². The molecule has 0 radical (unpaired) electrons. The highest BCUT2D eigenvalue weighted by molar-refractivity contribution is 14.1. The van der Waals surface area contributed by atoms with Gasteiger partial charge in [0.05, 0.1) is 0 Å². The highest BCUT2D eigenvalue weighted by Crippen LogP contribution is 2.56. The summed E-state index contributed by atoms with van der Waals surface area (Å²) in [7, 11) is 0. The molecule has 0 fully saturated rings. The van der Waals surface area contributed by atoms with Crippen LogP contribution >= 0.6 is 22.6 Å². The third-order valence-electron chi connectivity index (χ3n) is 3.10. The van der Waals surface area contributed by atoms with Crippen LogP contribution in [0.25, 0.3) is 0 Å². The van der Waals surface area contributed by atoms with Gasteiger partial charge in [-0.1, -0.05) is 55.7 Å². The quantitative estimate of drug-likeness (QED) is 0.166. The van der Waals surface area contributed by atoms with Gasteiger partial charge in [-0.05, 0) is 6.42 Å². The number of unbranched alkanes of at least 4 members (excludes halogenated alkanes) is 2. The fourth-order valence-electron chi connectivity index (χ4n) is 1.81. The molecule has 0 aliphatic heterocycles. The molecule has 0 saturated heterocycles. The molecule has 0 aromatic carbocycles. The van der Waals surface area contributed by atoms with Crippen molar-refractivity contribution in [2.75, 3.05) is 0 Å². The van der Waals surface area contributed by atoms with Gasteiger partial charge >= 0.3 is 23.9 Å². The van der Waals surface area contributed by atoms with Gasteiger partial charge in [-0.15, -0.1) is 0 Å². The van der Waals surface area contributed by atoms with Crippen molar-refractivity contribution < 1.29 is 39.5 Å². The van der Waals surface area contributed by atoms with E-state index in [1.54, 1.807) is 6.92 Å². The van der Waals surface area contributed by atoms with Crippen LogP contribution in [0.15, 0.2) is 0 Å². The van der Waals surface area contributed by atoms with Crippen molar-refractivity contribution >= 4 is 22.6 Å². The minimum Gasteiger partial charge on any atom is -0.200 e. The summed E-state index contributed by atoms with van der Waals surface area (Å²) < 4.78 is 113. The van der Waals surface area contributed by atoms with E-state index in [0.717, 1.165) is 6.92 Å². The van der Waals surface area contributed by atoms with Gasteiger partial charge in [-0.25, -0.2) is 0 Å². The van der Waals surface area contributed by atoms with Crippen LogP contribution in [0.2, 0.25) is 0 Å². The Morgan fingerprint density at radius 2 is 1.23 bits per heavy atom. The Morgan fingerprint density at radius 3 is 1.59 bits per heavy atom. The lowest BCUT2D eigenvalue weighted by Gasteiger charge is -2.37. The second-order valence-corrected chi connectivity index (χ2v) is 8.00. The molecule has 1 unspecified atom stereocenters. The molecule has 0 saturated carbocycles. The monoisotopic (exact) mass is 458 g/mol. The molecule has 0 bridgehead atoms. The first kappa shape index (κ1) is 22.1. The molecular weight excluding hydrogens is 442 g/mol. The largest absolute Gasteiger partial charge is 0.460 e. The molecule has 0 rings (SSSR count). The smallest absolute Gasteiger partial charge is 0.200 e. The first-order valence-electron chi connectivity index (χ1n) is 6.41. The summed E-state index contributed by atoms with van der Waals surface area (Å²) >= 11 is 1.39. The van der Waals surface area contributed by atoms with E-state index in [0.29, 0.717) is 19.3 Å². The zero-order chi connectivity index (χ0) is 18.0. The molecule has 0 aromatic heterocycles. The van der Waals surface area contributed by atoms with Crippen LogP contribution in [-0.4, -0.2) is 27.4 Å². The molecule has 10 heteroatoms. The maximum atomic E-state index is 13.5. The van der Waals surface area contributed by atoms with Crippen LogP contribution in [0.4, 0.5) is 39.5 Å². The summed E-state index contributed by atoms with van der Waals surface area (Å²) in [6, 6.07) is 0. The van der Waals surface area contributed by atoms with E-state index in [2.05, 4.69) is 0 Å². The van der Waals surface area contributed by atoms with E-state index >= 15 is 0 Å². The van der Waals surface area contributed by atoms with Gasteiger partial charge in [-0.2, -0.15) is 39.5 Å². The molecule has 1 atom stereocenters. The van der Waals surface area contributed by atoms with Gasteiger partial charge in [0, 0.05) is 9.84 Å². The zero-order valence-electron chi connectivity index (χ0n) is 11.8. The Balaban J connectivity index is 5.28. The summed E-state index contributed by atoms with van der Waals surface area (Å²) in [6.07, 6.45) is -6.82. The lowest BCUT2D eigenvalue weighted by molar-refractivity contribution is -0.397. The molecule has 0 aromatic rings. The van der Waals surface area contributed by atoms with E-state index in [1.807, 2.05) is 0 Å². The Labute approximate surface area is 136 Å². The minimum atomic E-state index is -6.81. The Morgan fingerprint density at radius 1 is 0.773 bits per heavy atom. The Kier molecular flexibility index (Phi) is 6.95. The average Bonchev–Trinajstić information content (AvgIpc) is 2.25. The lowest BCUT2D eigenvalue weighted by Crippen LogP contribution is -2.61. The second-order valence-electron chi connectivity index (χ2n) is 5.40. The molecule has 0 N–H and O–H groups in total. The predicted molar refractivity (Wildman–Crippen MR) is 72.1 cm³/mol. The Bertz CT molecular complexity index is 360. The van der Waals surface area contributed by atoms with E-state index in [-0.39, 0.29) is 6.42 Å². The summed E-state index contributed by atoms with van der Waals surface area (Å²) in [5.74, 6) is -18.8. The van der Waals surface area contributed by atoms with Crippen molar-refractivity contribution in [1.82, 2.24) is 0 Å². The van der Waals surface area contributed by atoms with Gasteiger partial charge in [0.2, 0.25) is 0 Å². The van der Waals surface area contributed by atoms with Crippen molar-refractivity contribution in [2.45, 2.75) is 73.3 Å². The van der Waals surface area contributed by atoms with Gasteiger partial charge in [0.15, 0.2) is 0 Å². The van der Waals surface area contributed by atoms with Gasteiger partial charge in [0.1, 0.15) is 0 Å². The van der Waals surface area contributed by atoms with E-state index in [1.165, 1.54) is 22.6 Å². The number of halogens is 10. The van der Waals surface area contributed by atoms with Crippen molar-refractivity contribution in [2.24, 2.45) is 0 Å². The zero-order valence-corrected chi connectivity index (χ0v) is 14.0. The minimum absolute atomic E-state index is 0.00462. The highest BCUT2D eigenvalue weighted by Gasteiger charge is 2.81. The highest BCUT2D eigenvalue weighted by atomic mass is 127. The molecule has 0 aliphatic rings. The summed E-state index contributed by atoms with van der Waals surface area (Å²) in [5.41, 5.74) is 0. The fraction of sp³-hybridized carbons (Fsp3) is 1.00. The number of hydrogen-bond donors (Lipinski definition) is 0.